The molecular weight excluding hydrogens is 282 g/mol. The van der Waals surface area contributed by atoms with Crippen molar-refractivity contribution >= 4 is 12.2 Å². The van der Waals surface area contributed by atoms with Crippen LogP contribution in [0.4, 0.5) is 0 Å². The summed E-state index contributed by atoms with van der Waals surface area (Å²) in [6.45, 7) is 1.53. The summed E-state index contributed by atoms with van der Waals surface area (Å²) in [5.41, 5.74) is 0.0530. The van der Waals surface area contributed by atoms with E-state index >= 15 is 0 Å². The van der Waals surface area contributed by atoms with Crippen molar-refractivity contribution in [2.45, 2.75) is 38.5 Å². The predicted octanol–water partition coefficient (Wildman–Crippen LogP) is 2.36. The Morgan fingerprint density at radius 3 is 2.64 bits per heavy atom. The Balaban J connectivity index is 1.94. The van der Waals surface area contributed by atoms with Crippen LogP contribution in [-0.4, -0.2) is 31.9 Å². The zero-order valence-electron chi connectivity index (χ0n) is 12.7. The van der Waals surface area contributed by atoms with Gasteiger partial charge in [0.25, 0.3) is 6.26 Å². The number of ether oxygens (including phenoxy) is 1. The molecule has 0 amide bonds. The molecule has 2 aliphatic carbocycles. The quantitative estimate of drug-likeness (QED) is 0.283. The summed E-state index contributed by atoms with van der Waals surface area (Å²) in [4.78, 5) is 27.6. The minimum Gasteiger partial charge on any atom is -0.427 e. The van der Waals surface area contributed by atoms with Gasteiger partial charge in [-0.3, -0.25) is 0 Å². The molecule has 22 heavy (non-hydrogen) atoms. The molecule has 0 aromatic rings. The number of rotatable bonds is 9. The minimum atomic E-state index is 0.0530. The third kappa shape index (κ3) is 3.62. The Labute approximate surface area is 130 Å². The maximum atomic E-state index is 10.2. The highest BCUT2D eigenvalue weighted by molar-refractivity contribution is 5.33. The number of carbonyl (C=O) groups excluding carboxylic acids is 2. The van der Waals surface area contributed by atoms with Crippen molar-refractivity contribution in [1.82, 2.24) is 0 Å². The first-order valence-corrected chi connectivity index (χ1v) is 7.84. The van der Waals surface area contributed by atoms with Gasteiger partial charge in [-0.25, -0.2) is 19.6 Å². The standard InChI is InChI=1S/C16H21N3O3/c17-10-22-9-16-7-13(2-1-4-18-11-20)14(8-16)6-15(16)3-5-19-12-21/h13-15H,1-9H2. The first-order chi connectivity index (χ1) is 10.8. The summed E-state index contributed by atoms with van der Waals surface area (Å²) in [6.07, 6.45) is 11.0. The van der Waals surface area contributed by atoms with E-state index < -0.39 is 0 Å². The van der Waals surface area contributed by atoms with Gasteiger partial charge in [-0.15, -0.1) is 0 Å². The lowest BCUT2D eigenvalue weighted by Gasteiger charge is -2.36. The molecule has 6 nitrogen and oxygen atoms in total. The molecule has 0 aromatic heterocycles. The molecule has 2 saturated carbocycles. The molecule has 2 fully saturated rings. The second-order valence-electron chi connectivity index (χ2n) is 6.48. The van der Waals surface area contributed by atoms with Crippen molar-refractivity contribution in [2.75, 3.05) is 19.7 Å². The number of nitrogens with zero attached hydrogens (tertiary/aromatic N) is 3. The average molecular weight is 303 g/mol. The van der Waals surface area contributed by atoms with E-state index in [2.05, 4.69) is 9.98 Å². The zero-order valence-corrected chi connectivity index (χ0v) is 12.7. The van der Waals surface area contributed by atoms with E-state index in [4.69, 9.17) is 10.00 Å². The van der Waals surface area contributed by atoms with Gasteiger partial charge in [0, 0.05) is 5.41 Å². The Morgan fingerprint density at radius 1 is 1.14 bits per heavy atom. The van der Waals surface area contributed by atoms with Gasteiger partial charge in [0.05, 0.1) is 13.1 Å². The van der Waals surface area contributed by atoms with Crippen LogP contribution in [0, 0.1) is 34.7 Å². The first-order valence-electron chi connectivity index (χ1n) is 7.84. The van der Waals surface area contributed by atoms with Crippen LogP contribution >= 0.6 is 0 Å². The van der Waals surface area contributed by atoms with Crippen molar-refractivity contribution in [1.29, 1.82) is 5.26 Å². The first kappa shape index (κ1) is 16.4. The van der Waals surface area contributed by atoms with E-state index in [0.717, 1.165) is 38.5 Å². The van der Waals surface area contributed by atoms with Gasteiger partial charge in [0.2, 0.25) is 12.2 Å². The van der Waals surface area contributed by atoms with Crippen LogP contribution in [-0.2, 0) is 14.3 Å². The molecule has 2 rings (SSSR count). The average Bonchev–Trinajstić information content (AvgIpc) is 3.05. The number of hydrogen-bond acceptors (Lipinski definition) is 6. The van der Waals surface area contributed by atoms with Crippen LogP contribution in [0.2, 0.25) is 0 Å². The van der Waals surface area contributed by atoms with Crippen LogP contribution < -0.4 is 0 Å². The van der Waals surface area contributed by atoms with Gasteiger partial charge in [-0.05, 0) is 56.3 Å². The van der Waals surface area contributed by atoms with Crippen molar-refractivity contribution < 1.29 is 14.3 Å². The van der Waals surface area contributed by atoms with E-state index in [9.17, 15) is 9.59 Å². The van der Waals surface area contributed by atoms with Crippen LogP contribution in [0.3, 0.4) is 0 Å². The van der Waals surface area contributed by atoms with Crippen LogP contribution in [0.25, 0.3) is 0 Å². The number of fused-ring (bicyclic) bond motifs is 2. The van der Waals surface area contributed by atoms with Crippen LogP contribution in [0.15, 0.2) is 9.98 Å². The summed E-state index contributed by atoms with van der Waals surface area (Å²) in [7, 11) is 0. The molecule has 0 aliphatic heterocycles. The maximum absolute atomic E-state index is 10.2. The maximum Gasteiger partial charge on any atom is 0.286 e. The van der Waals surface area contributed by atoms with E-state index in [-0.39, 0.29) is 5.41 Å². The SMILES string of the molecule is N#COCC12CC(CCCN=C=O)C(CC1CCN=C=O)C2. The van der Waals surface area contributed by atoms with E-state index in [1.807, 2.05) is 0 Å². The number of isocyanates is 2. The van der Waals surface area contributed by atoms with E-state index in [1.54, 1.807) is 18.4 Å². The largest absolute Gasteiger partial charge is 0.427 e. The summed E-state index contributed by atoms with van der Waals surface area (Å²) < 4.78 is 5.09. The normalized spacial score (nSPS) is 31.9. The molecule has 118 valence electrons. The van der Waals surface area contributed by atoms with Gasteiger partial charge < -0.3 is 4.74 Å². The van der Waals surface area contributed by atoms with Gasteiger partial charge in [0.15, 0.2) is 0 Å². The molecule has 0 saturated heterocycles. The lowest BCUT2D eigenvalue weighted by molar-refractivity contribution is 0.0583. The molecule has 0 radical (unpaired) electrons. The molecule has 4 atom stereocenters. The predicted molar refractivity (Wildman–Crippen MR) is 78.1 cm³/mol. The van der Waals surface area contributed by atoms with Crippen LogP contribution in [0.5, 0.6) is 0 Å². The van der Waals surface area contributed by atoms with Gasteiger partial charge in [-0.1, -0.05) is 0 Å². The third-order valence-electron chi connectivity index (χ3n) is 5.44. The van der Waals surface area contributed by atoms with E-state index in [0.29, 0.717) is 37.5 Å². The molecule has 0 aromatic carbocycles. The number of aliphatic imine (C=N–C) groups is 2. The summed E-state index contributed by atoms with van der Waals surface area (Å²) in [5, 5.41) is 8.73. The fraction of sp³-hybridized carbons (Fsp3) is 0.812. The van der Waals surface area contributed by atoms with E-state index in [1.165, 1.54) is 0 Å². The molecule has 2 aliphatic rings. The summed E-state index contributed by atoms with van der Waals surface area (Å²) in [5.74, 6) is 1.73. The molecule has 0 N–H and O–H groups in total. The lowest BCUT2D eigenvalue weighted by Crippen LogP contribution is -2.33. The molecule has 6 heteroatoms. The number of hydrogen-bond donors (Lipinski definition) is 0. The highest BCUT2D eigenvalue weighted by Gasteiger charge is 2.56. The smallest absolute Gasteiger partial charge is 0.286 e. The van der Waals surface area contributed by atoms with Crippen molar-refractivity contribution in [3.05, 3.63) is 0 Å². The topological polar surface area (TPSA) is 91.9 Å². The monoisotopic (exact) mass is 303 g/mol. The zero-order chi connectivity index (χ0) is 15.8. The molecule has 4 unspecified atom stereocenters. The third-order valence-corrected chi connectivity index (χ3v) is 5.44. The Hall–Kier alpha value is -1.95. The number of nitriles is 1. The fourth-order valence-electron chi connectivity index (χ4n) is 4.60. The second-order valence-corrected chi connectivity index (χ2v) is 6.48. The fourth-order valence-corrected chi connectivity index (χ4v) is 4.60. The summed E-state index contributed by atoms with van der Waals surface area (Å²) >= 11 is 0. The highest BCUT2D eigenvalue weighted by Crippen LogP contribution is 2.62. The molecule has 0 heterocycles. The highest BCUT2D eigenvalue weighted by atomic mass is 16.5. The van der Waals surface area contributed by atoms with Crippen molar-refractivity contribution in [3.63, 3.8) is 0 Å². The van der Waals surface area contributed by atoms with Gasteiger partial charge in [-0.2, -0.15) is 5.26 Å². The second kappa shape index (κ2) is 7.89. The van der Waals surface area contributed by atoms with Gasteiger partial charge in [0.1, 0.15) is 6.61 Å². The Bertz CT molecular complexity index is 517. The summed E-state index contributed by atoms with van der Waals surface area (Å²) in [6, 6.07) is 0. The molecular formula is C16H21N3O3. The molecule has 2 bridgehead atoms. The Morgan fingerprint density at radius 2 is 1.91 bits per heavy atom. The van der Waals surface area contributed by atoms with Crippen LogP contribution in [0.1, 0.15) is 38.5 Å². The van der Waals surface area contributed by atoms with Crippen molar-refractivity contribution in [3.8, 4) is 6.26 Å². The molecule has 0 spiro atoms. The van der Waals surface area contributed by atoms with Crippen molar-refractivity contribution in [2.24, 2.45) is 33.2 Å². The minimum absolute atomic E-state index is 0.0530. The lowest BCUT2D eigenvalue weighted by atomic mass is 9.70. The van der Waals surface area contributed by atoms with Gasteiger partial charge >= 0.3 is 0 Å². The Kier molecular flexibility index (Phi) is 5.89.